The molecule has 2 aromatic carbocycles. The van der Waals surface area contributed by atoms with Crippen LogP contribution >= 0.6 is 0 Å². The van der Waals surface area contributed by atoms with E-state index in [0.717, 1.165) is 5.56 Å². The van der Waals surface area contributed by atoms with Crippen LogP contribution in [-0.2, 0) is 13.0 Å². The van der Waals surface area contributed by atoms with Gasteiger partial charge in [-0.2, -0.15) is 10.4 Å². The number of benzene rings is 2. The Hall–Kier alpha value is -3.17. The Bertz CT molecular complexity index is 943. The van der Waals surface area contributed by atoms with E-state index in [9.17, 15) is 9.65 Å². The number of ether oxygens (including phenoxy) is 1. The zero-order valence-electron chi connectivity index (χ0n) is 14.3. The fourth-order valence-corrected chi connectivity index (χ4v) is 2.71. The number of hydrogen-bond acceptors (Lipinski definition) is 4. The average molecular weight is 351 g/mol. The summed E-state index contributed by atoms with van der Waals surface area (Å²) in [5.41, 5.74) is 3.10. The van der Waals surface area contributed by atoms with Crippen molar-refractivity contribution < 1.29 is 14.2 Å². The predicted molar refractivity (Wildman–Crippen MR) is 94.5 cm³/mol. The Morgan fingerprint density at radius 2 is 2.00 bits per heavy atom. The largest absolute Gasteiger partial charge is 0.487 e. The molecule has 0 aliphatic carbocycles. The van der Waals surface area contributed by atoms with Gasteiger partial charge < -0.3 is 9.84 Å². The summed E-state index contributed by atoms with van der Waals surface area (Å²) in [4.78, 5) is 0. The summed E-state index contributed by atoms with van der Waals surface area (Å²) in [6, 6.07) is 15.6. The summed E-state index contributed by atoms with van der Waals surface area (Å²) in [7, 11) is 0. The summed E-state index contributed by atoms with van der Waals surface area (Å²) in [6.45, 7) is 1.96. The SMILES string of the molecule is Cc1nn(-c2cccc(F)c2)c(COc2ccc(CCO)cc2)c1C#N. The molecule has 6 heteroatoms. The second kappa shape index (κ2) is 7.81. The lowest BCUT2D eigenvalue weighted by Crippen LogP contribution is -2.07. The van der Waals surface area contributed by atoms with Crippen LogP contribution in [0, 0.1) is 24.1 Å². The first-order chi connectivity index (χ1) is 12.6. The molecule has 132 valence electrons. The van der Waals surface area contributed by atoms with Gasteiger partial charge in [0, 0.05) is 6.61 Å². The van der Waals surface area contributed by atoms with E-state index in [-0.39, 0.29) is 19.0 Å². The van der Waals surface area contributed by atoms with E-state index in [1.54, 1.807) is 19.1 Å². The number of halogens is 1. The van der Waals surface area contributed by atoms with E-state index in [0.29, 0.717) is 34.8 Å². The third-order valence-electron chi connectivity index (χ3n) is 4.02. The van der Waals surface area contributed by atoms with Crippen LogP contribution in [-0.4, -0.2) is 21.5 Å². The maximum atomic E-state index is 13.6. The van der Waals surface area contributed by atoms with Crippen LogP contribution in [0.15, 0.2) is 48.5 Å². The second-order valence-corrected chi connectivity index (χ2v) is 5.82. The van der Waals surface area contributed by atoms with Crippen molar-refractivity contribution in [2.24, 2.45) is 0 Å². The van der Waals surface area contributed by atoms with Crippen LogP contribution in [0.1, 0.15) is 22.5 Å². The standard InChI is InChI=1S/C20H18FN3O2/c1-14-19(12-22)20(24(23-14)17-4-2-3-16(21)11-17)13-26-18-7-5-15(6-8-18)9-10-25/h2-8,11,25H,9-10,13H2,1H3. The molecule has 0 atom stereocenters. The molecule has 0 bridgehead atoms. The molecule has 26 heavy (non-hydrogen) atoms. The molecule has 0 radical (unpaired) electrons. The van der Waals surface area contributed by atoms with Crippen LogP contribution in [0.5, 0.6) is 5.75 Å². The molecule has 3 aromatic rings. The third-order valence-corrected chi connectivity index (χ3v) is 4.02. The summed E-state index contributed by atoms with van der Waals surface area (Å²) in [5, 5.41) is 22.8. The molecule has 3 rings (SSSR count). The zero-order valence-corrected chi connectivity index (χ0v) is 14.3. The fourth-order valence-electron chi connectivity index (χ4n) is 2.71. The maximum Gasteiger partial charge on any atom is 0.132 e. The van der Waals surface area contributed by atoms with Crippen molar-refractivity contribution in [3.8, 4) is 17.5 Å². The third kappa shape index (κ3) is 3.73. The smallest absolute Gasteiger partial charge is 0.132 e. The predicted octanol–water partition coefficient (Wildman–Crippen LogP) is 3.31. The van der Waals surface area contributed by atoms with Gasteiger partial charge in [-0.25, -0.2) is 9.07 Å². The number of aryl methyl sites for hydroxylation is 1. The topological polar surface area (TPSA) is 71.1 Å². The molecule has 0 saturated carbocycles. The van der Waals surface area contributed by atoms with Crippen LogP contribution in [0.25, 0.3) is 5.69 Å². The van der Waals surface area contributed by atoms with Crippen LogP contribution in [0.3, 0.4) is 0 Å². The van der Waals surface area contributed by atoms with Gasteiger partial charge in [-0.1, -0.05) is 18.2 Å². The highest BCUT2D eigenvalue weighted by Gasteiger charge is 2.17. The number of nitriles is 1. The van der Waals surface area contributed by atoms with Gasteiger partial charge in [0.15, 0.2) is 0 Å². The van der Waals surface area contributed by atoms with Crippen LogP contribution < -0.4 is 4.74 Å². The molecule has 0 aliphatic rings. The van der Waals surface area contributed by atoms with Gasteiger partial charge in [0.1, 0.15) is 29.8 Å². The van der Waals surface area contributed by atoms with E-state index in [4.69, 9.17) is 9.84 Å². The molecular formula is C20H18FN3O2. The summed E-state index contributed by atoms with van der Waals surface area (Å²) < 4.78 is 20.9. The molecular weight excluding hydrogens is 333 g/mol. The first-order valence-corrected chi connectivity index (χ1v) is 8.19. The Labute approximate surface area is 150 Å². The highest BCUT2D eigenvalue weighted by molar-refractivity contribution is 5.43. The van der Waals surface area contributed by atoms with Gasteiger partial charge in [-0.15, -0.1) is 0 Å². The van der Waals surface area contributed by atoms with Crippen molar-refractivity contribution in [2.75, 3.05) is 6.61 Å². The van der Waals surface area contributed by atoms with Gasteiger partial charge in [0.2, 0.25) is 0 Å². The lowest BCUT2D eigenvalue weighted by atomic mass is 10.1. The van der Waals surface area contributed by atoms with Crippen molar-refractivity contribution in [3.05, 3.63) is 76.9 Å². The van der Waals surface area contributed by atoms with Gasteiger partial charge >= 0.3 is 0 Å². The van der Waals surface area contributed by atoms with Gasteiger partial charge in [0.05, 0.1) is 17.1 Å². The van der Waals surface area contributed by atoms with Crippen LogP contribution in [0.4, 0.5) is 4.39 Å². The first kappa shape index (κ1) is 17.6. The highest BCUT2D eigenvalue weighted by Crippen LogP contribution is 2.21. The van der Waals surface area contributed by atoms with Gasteiger partial charge in [-0.05, 0) is 49.2 Å². The summed E-state index contributed by atoms with van der Waals surface area (Å²) >= 11 is 0. The Morgan fingerprint density at radius 1 is 1.23 bits per heavy atom. The van der Waals surface area contributed by atoms with E-state index >= 15 is 0 Å². The molecule has 0 fully saturated rings. The molecule has 5 nitrogen and oxygen atoms in total. The lowest BCUT2D eigenvalue weighted by Gasteiger charge is -2.10. The number of aliphatic hydroxyl groups excluding tert-OH is 1. The summed E-state index contributed by atoms with van der Waals surface area (Å²) in [5.74, 6) is 0.265. The number of aromatic nitrogens is 2. The van der Waals surface area contributed by atoms with E-state index in [1.165, 1.54) is 16.8 Å². The molecule has 0 unspecified atom stereocenters. The van der Waals surface area contributed by atoms with Crippen molar-refractivity contribution >= 4 is 0 Å². The molecule has 0 aliphatic heterocycles. The van der Waals surface area contributed by atoms with Gasteiger partial charge in [-0.3, -0.25) is 0 Å². The fraction of sp³-hybridized carbons (Fsp3) is 0.200. The first-order valence-electron chi connectivity index (χ1n) is 8.19. The number of rotatable bonds is 6. The van der Waals surface area contributed by atoms with Crippen LogP contribution in [0.2, 0.25) is 0 Å². The quantitative estimate of drug-likeness (QED) is 0.740. The molecule has 1 aromatic heterocycles. The Balaban J connectivity index is 1.88. The summed E-state index contributed by atoms with van der Waals surface area (Å²) in [6.07, 6.45) is 0.588. The average Bonchev–Trinajstić information content (AvgIpc) is 2.97. The molecule has 1 heterocycles. The highest BCUT2D eigenvalue weighted by atomic mass is 19.1. The minimum atomic E-state index is -0.375. The van der Waals surface area contributed by atoms with E-state index < -0.39 is 0 Å². The minimum absolute atomic E-state index is 0.0951. The molecule has 0 saturated heterocycles. The minimum Gasteiger partial charge on any atom is -0.487 e. The maximum absolute atomic E-state index is 13.6. The van der Waals surface area contributed by atoms with Crippen molar-refractivity contribution in [2.45, 2.75) is 20.0 Å². The monoisotopic (exact) mass is 351 g/mol. The number of hydrogen-bond donors (Lipinski definition) is 1. The number of aliphatic hydroxyl groups is 1. The molecule has 1 N–H and O–H groups in total. The normalized spacial score (nSPS) is 10.5. The zero-order chi connectivity index (χ0) is 18.5. The molecule has 0 amide bonds. The second-order valence-electron chi connectivity index (χ2n) is 5.82. The van der Waals surface area contributed by atoms with E-state index in [2.05, 4.69) is 11.2 Å². The van der Waals surface area contributed by atoms with Gasteiger partial charge in [0.25, 0.3) is 0 Å². The lowest BCUT2D eigenvalue weighted by molar-refractivity contribution is 0.295. The Morgan fingerprint density at radius 3 is 2.65 bits per heavy atom. The van der Waals surface area contributed by atoms with E-state index in [1.807, 2.05) is 24.3 Å². The van der Waals surface area contributed by atoms with Crippen molar-refractivity contribution in [3.63, 3.8) is 0 Å². The van der Waals surface area contributed by atoms with Crippen molar-refractivity contribution in [1.29, 1.82) is 5.26 Å². The molecule has 0 spiro atoms. The number of nitrogens with zero attached hydrogens (tertiary/aromatic N) is 3. The Kier molecular flexibility index (Phi) is 5.30. The van der Waals surface area contributed by atoms with Crippen molar-refractivity contribution in [1.82, 2.24) is 9.78 Å².